The second-order valence-corrected chi connectivity index (χ2v) is 8.32. The summed E-state index contributed by atoms with van der Waals surface area (Å²) in [5, 5.41) is -0.435. The predicted octanol–water partition coefficient (Wildman–Crippen LogP) is 6.11. The lowest BCUT2D eigenvalue weighted by Crippen LogP contribution is -2.35. The van der Waals surface area contributed by atoms with E-state index < -0.39 is 23.0 Å². The van der Waals surface area contributed by atoms with Gasteiger partial charge in [0.1, 0.15) is 5.37 Å². The van der Waals surface area contributed by atoms with Crippen LogP contribution in [-0.4, -0.2) is 23.1 Å². The minimum absolute atomic E-state index is 0.0974. The Bertz CT molecular complexity index is 968. The molecule has 1 aliphatic rings. The van der Waals surface area contributed by atoms with E-state index in [-0.39, 0.29) is 5.91 Å². The second kappa shape index (κ2) is 8.56. The van der Waals surface area contributed by atoms with Crippen LogP contribution in [0.2, 0.25) is 0 Å². The Hall–Kier alpha value is -2.73. The Balaban J connectivity index is 1.70. The van der Waals surface area contributed by atoms with Gasteiger partial charge in [-0.05, 0) is 28.8 Å². The standard InChI is InChI=1S/C24H20F3NOS/c25-24(26,27)20-13-7-12-19(16-20)23-28(14-15-30-23)22(29)21(17-8-3-1-4-9-17)18-10-5-2-6-11-18/h1-13,16,21,23H,14-15H2/t23-/m0/s1. The van der Waals surface area contributed by atoms with Crippen LogP contribution < -0.4 is 0 Å². The SMILES string of the molecule is O=C(C(c1ccccc1)c1ccccc1)N1CCS[C@H]1c1cccc(C(F)(F)F)c1. The molecule has 30 heavy (non-hydrogen) atoms. The molecule has 0 aromatic heterocycles. The molecule has 2 nitrogen and oxygen atoms in total. The van der Waals surface area contributed by atoms with Gasteiger partial charge in [-0.2, -0.15) is 13.2 Å². The Morgan fingerprint density at radius 2 is 1.50 bits per heavy atom. The molecule has 0 aliphatic carbocycles. The summed E-state index contributed by atoms with van der Waals surface area (Å²) < 4.78 is 39.6. The van der Waals surface area contributed by atoms with Crippen molar-refractivity contribution >= 4 is 17.7 Å². The number of halogens is 3. The average Bonchev–Trinajstić information content (AvgIpc) is 3.25. The number of rotatable bonds is 4. The van der Waals surface area contributed by atoms with E-state index in [4.69, 9.17) is 0 Å². The number of alkyl halides is 3. The summed E-state index contributed by atoms with van der Waals surface area (Å²) in [5.41, 5.74) is 1.55. The molecule has 0 radical (unpaired) electrons. The highest BCUT2D eigenvalue weighted by atomic mass is 32.2. The molecule has 154 valence electrons. The smallest absolute Gasteiger partial charge is 0.325 e. The average molecular weight is 427 g/mol. The summed E-state index contributed by atoms with van der Waals surface area (Å²) in [6.45, 7) is 0.501. The fourth-order valence-electron chi connectivity index (χ4n) is 3.77. The van der Waals surface area contributed by atoms with Crippen LogP contribution in [0.5, 0.6) is 0 Å². The van der Waals surface area contributed by atoms with Crippen molar-refractivity contribution in [2.75, 3.05) is 12.3 Å². The molecule has 1 heterocycles. The van der Waals surface area contributed by atoms with Gasteiger partial charge >= 0.3 is 6.18 Å². The zero-order chi connectivity index (χ0) is 21.1. The molecule has 0 unspecified atom stereocenters. The third-order valence-electron chi connectivity index (χ3n) is 5.19. The molecular formula is C24H20F3NOS. The maximum absolute atomic E-state index is 13.7. The van der Waals surface area contributed by atoms with Crippen molar-refractivity contribution in [3.63, 3.8) is 0 Å². The van der Waals surface area contributed by atoms with Gasteiger partial charge in [0, 0.05) is 12.3 Å². The number of hydrogen-bond acceptors (Lipinski definition) is 2. The molecule has 1 saturated heterocycles. The van der Waals surface area contributed by atoms with Crippen molar-refractivity contribution in [3.8, 4) is 0 Å². The third kappa shape index (κ3) is 4.24. The number of amides is 1. The first-order valence-corrected chi connectivity index (χ1v) is 10.7. The van der Waals surface area contributed by atoms with E-state index in [0.29, 0.717) is 17.9 Å². The van der Waals surface area contributed by atoms with Crippen molar-refractivity contribution in [3.05, 3.63) is 107 Å². The maximum Gasteiger partial charge on any atom is 0.416 e. The topological polar surface area (TPSA) is 20.3 Å². The summed E-state index contributed by atoms with van der Waals surface area (Å²) in [5.74, 6) is 0.0855. The van der Waals surface area contributed by atoms with Crippen molar-refractivity contribution in [2.24, 2.45) is 0 Å². The monoisotopic (exact) mass is 427 g/mol. The van der Waals surface area contributed by atoms with Crippen LogP contribution in [0, 0.1) is 0 Å². The molecule has 0 spiro atoms. The highest BCUT2D eigenvalue weighted by Crippen LogP contribution is 2.42. The van der Waals surface area contributed by atoms with Gasteiger partial charge in [-0.3, -0.25) is 4.79 Å². The van der Waals surface area contributed by atoms with E-state index in [0.717, 1.165) is 23.3 Å². The van der Waals surface area contributed by atoms with Crippen LogP contribution in [0.4, 0.5) is 13.2 Å². The fourth-order valence-corrected chi connectivity index (χ4v) is 5.03. The van der Waals surface area contributed by atoms with E-state index in [2.05, 4.69) is 0 Å². The van der Waals surface area contributed by atoms with Crippen LogP contribution in [-0.2, 0) is 11.0 Å². The molecule has 1 fully saturated rings. The normalized spacial score (nSPS) is 16.8. The lowest BCUT2D eigenvalue weighted by Gasteiger charge is -2.29. The highest BCUT2D eigenvalue weighted by Gasteiger charge is 2.37. The molecule has 0 bridgehead atoms. The first kappa shape index (κ1) is 20.5. The zero-order valence-electron chi connectivity index (χ0n) is 16.0. The molecule has 0 N–H and O–H groups in total. The molecule has 6 heteroatoms. The van der Waals surface area contributed by atoms with Gasteiger partial charge in [0.2, 0.25) is 5.91 Å². The van der Waals surface area contributed by atoms with Gasteiger partial charge in [-0.15, -0.1) is 11.8 Å². The summed E-state index contributed by atoms with van der Waals surface area (Å²) >= 11 is 1.50. The van der Waals surface area contributed by atoms with Gasteiger partial charge in [0.05, 0.1) is 11.5 Å². The number of benzene rings is 3. The molecule has 0 saturated carbocycles. The van der Waals surface area contributed by atoms with E-state index in [1.165, 1.54) is 17.8 Å². The lowest BCUT2D eigenvalue weighted by molar-refractivity contribution is -0.137. The largest absolute Gasteiger partial charge is 0.416 e. The molecule has 1 atom stereocenters. The summed E-state index contributed by atoms with van der Waals surface area (Å²) in [6, 6.07) is 24.3. The van der Waals surface area contributed by atoms with Gasteiger partial charge in [-0.1, -0.05) is 72.8 Å². The van der Waals surface area contributed by atoms with Crippen LogP contribution in [0.1, 0.15) is 33.5 Å². The summed E-state index contributed by atoms with van der Waals surface area (Å²) in [4.78, 5) is 15.4. The highest BCUT2D eigenvalue weighted by molar-refractivity contribution is 7.99. The number of carbonyl (C=O) groups is 1. The van der Waals surface area contributed by atoms with Gasteiger partial charge in [-0.25, -0.2) is 0 Å². The Kier molecular flexibility index (Phi) is 5.86. The van der Waals surface area contributed by atoms with Crippen molar-refractivity contribution in [1.82, 2.24) is 4.90 Å². The minimum Gasteiger partial charge on any atom is -0.325 e. The summed E-state index contributed by atoms with van der Waals surface area (Å²) in [7, 11) is 0. The number of thioether (sulfide) groups is 1. The van der Waals surface area contributed by atoms with Gasteiger partial charge in [0.15, 0.2) is 0 Å². The summed E-state index contributed by atoms with van der Waals surface area (Å²) in [6.07, 6.45) is -4.41. The van der Waals surface area contributed by atoms with Crippen molar-refractivity contribution in [1.29, 1.82) is 0 Å². The molecule has 4 rings (SSSR count). The zero-order valence-corrected chi connectivity index (χ0v) is 16.9. The van der Waals surface area contributed by atoms with Crippen molar-refractivity contribution in [2.45, 2.75) is 17.5 Å². The van der Waals surface area contributed by atoms with E-state index in [9.17, 15) is 18.0 Å². The number of carbonyl (C=O) groups excluding carboxylic acids is 1. The first-order valence-electron chi connectivity index (χ1n) is 9.64. The van der Waals surface area contributed by atoms with Gasteiger partial charge in [0.25, 0.3) is 0 Å². The van der Waals surface area contributed by atoms with E-state index in [1.54, 1.807) is 11.0 Å². The Labute approximate surface area is 177 Å². The first-order chi connectivity index (χ1) is 14.4. The Morgan fingerprint density at radius 3 is 2.07 bits per heavy atom. The molecule has 1 amide bonds. The predicted molar refractivity (Wildman–Crippen MR) is 113 cm³/mol. The van der Waals surface area contributed by atoms with Crippen LogP contribution in [0.15, 0.2) is 84.9 Å². The fraction of sp³-hybridized carbons (Fsp3) is 0.208. The van der Waals surface area contributed by atoms with Crippen molar-refractivity contribution < 1.29 is 18.0 Å². The van der Waals surface area contributed by atoms with Crippen LogP contribution in [0.3, 0.4) is 0 Å². The van der Waals surface area contributed by atoms with Gasteiger partial charge < -0.3 is 4.90 Å². The number of hydrogen-bond donors (Lipinski definition) is 0. The third-order valence-corrected chi connectivity index (χ3v) is 6.45. The molecular weight excluding hydrogens is 407 g/mol. The number of nitrogens with zero attached hydrogens (tertiary/aromatic N) is 1. The van der Waals surface area contributed by atoms with Crippen LogP contribution in [0.25, 0.3) is 0 Å². The van der Waals surface area contributed by atoms with Crippen LogP contribution >= 0.6 is 11.8 Å². The lowest BCUT2D eigenvalue weighted by atomic mass is 9.90. The maximum atomic E-state index is 13.7. The van der Waals surface area contributed by atoms with E-state index in [1.807, 2.05) is 60.7 Å². The van der Waals surface area contributed by atoms with E-state index >= 15 is 0 Å². The second-order valence-electron chi connectivity index (χ2n) is 7.13. The molecule has 1 aliphatic heterocycles. The Morgan fingerprint density at radius 1 is 0.900 bits per heavy atom. The minimum atomic E-state index is -4.41. The molecule has 3 aromatic rings. The molecule has 3 aromatic carbocycles. The quantitative estimate of drug-likeness (QED) is 0.501.